The third-order valence-corrected chi connectivity index (χ3v) is 12.0. The van der Waals surface area contributed by atoms with E-state index in [0.717, 1.165) is 29.1 Å². The Kier molecular flexibility index (Phi) is 13.7. The Labute approximate surface area is 333 Å². The van der Waals surface area contributed by atoms with Crippen molar-refractivity contribution in [2.24, 2.45) is 17.8 Å². The first-order chi connectivity index (χ1) is 26.6. The molecule has 3 N–H and O–H groups in total. The molecule has 0 bridgehead atoms. The Morgan fingerprint density at radius 1 is 0.893 bits per heavy atom. The van der Waals surface area contributed by atoms with Crippen LogP contribution in [0.3, 0.4) is 0 Å². The number of anilines is 4. The van der Waals surface area contributed by atoms with Crippen LogP contribution >= 0.6 is 11.8 Å². The van der Waals surface area contributed by atoms with Crippen molar-refractivity contribution in [1.82, 2.24) is 25.1 Å². The van der Waals surface area contributed by atoms with Gasteiger partial charge < -0.3 is 34.6 Å². The SMILES string of the molecule is CCC(C)(OC(=O)C(C)OC)C(C)C(=O)OC(C)(CC)C(C)C(=O)N1CCN(c2cc(Nc3cc(C)[nH]n3)nc(Sc3ccc(NC(=O)C4CC4)cc3)n2)CC1. The van der Waals surface area contributed by atoms with Crippen LogP contribution in [0.4, 0.5) is 23.1 Å². The number of amides is 2. The monoisotopic (exact) mass is 792 g/mol. The number of aryl methyl sites for hydroxylation is 1. The Balaban J connectivity index is 1.25. The van der Waals surface area contributed by atoms with Crippen molar-refractivity contribution >= 4 is 58.7 Å². The van der Waals surface area contributed by atoms with Gasteiger partial charge in [-0.15, -0.1) is 0 Å². The summed E-state index contributed by atoms with van der Waals surface area (Å²) in [6.07, 6.45) is 1.90. The Hall–Kier alpha value is -4.70. The highest BCUT2D eigenvalue weighted by molar-refractivity contribution is 7.99. The van der Waals surface area contributed by atoms with Crippen LogP contribution < -0.4 is 15.5 Å². The molecule has 0 radical (unpaired) electrons. The summed E-state index contributed by atoms with van der Waals surface area (Å²) in [6, 6.07) is 11.4. The van der Waals surface area contributed by atoms with Gasteiger partial charge in [0, 0.05) is 67.6 Å². The number of carbonyl (C=O) groups is 4. The number of H-pyrrole nitrogens is 1. The average molecular weight is 793 g/mol. The predicted molar refractivity (Wildman–Crippen MR) is 214 cm³/mol. The quantitative estimate of drug-likeness (QED) is 0.105. The van der Waals surface area contributed by atoms with Crippen molar-refractivity contribution in [1.29, 1.82) is 0 Å². The standard InChI is InChI=1S/C40H56N8O7S/c1-10-39(7,54-36(51)26(5)40(8,11-2)55-37(52)27(6)53-9)25(4)35(50)48-20-18-47(19-21-48)33-23-31(42-32-22-24(3)45-46-32)43-38(44-33)56-30-16-14-29(15-17-30)41-34(49)28-12-13-28/h14-17,22-23,25-28H,10-13,18-21H2,1-9H3,(H,41,49)(H2,42,43,44,45,46). The number of hydrogen-bond donors (Lipinski definition) is 3. The van der Waals surface area contributed by atoms with E-state index in [1.165, 1.54) is 18.9 Å². The summed E-state index contributed by atoms with van der Waals surface area (Å²) >= 11 is 1.41. The lowest BCUT2D eigenvalue weighted by atomic mass is 9.84. The zero-order valence-electron chi connectivity index (χ0n) is 33.9. The number of carbonyl (C=O) groups excluding carboxylic acids is 4. The molecule has 5 rings (SSSR count). The van der Waals surface area contributed by atoms with E-state index < -0.39 is 41.1 Å². The molecule has 15 nitrogen and oxygen atoms in total. The van der Waals surface area contributed by atoms with Gasteiger partial charge in [0.05, 0.1) is 11.8 Å². The van der Waals surface area contributed by atoms with E-state index in [1.54, 1.807) is 34.6 Å². The Bertz CT molecular complexity index is 1860. The van der Waals surface area contributed by atoms with Crippen LogP contribution in [0.15, 0.2) is 46.5 Å². The van der Waals surface area contributed by atoms with E-state index >= 15 is 0 Å². The molecule has 2 amide bonds. The van der Waals surface area contributed by atoms with Crippen LogP contribution in [-0.2, 0) is 33.4 Å². The minimum atomic E-state index is -1.12. The van der Waals surface area contributed by atoms with Gasteiger partial charge >= 0.3 is 11.9 Å². The summed E-state index contributed by atoms with van der Waals surface area (Å²) in [5.74, 6) is -0.557. The van der Waals surface area contributed by atoms with Gasteiger partial charge in [-0.2, -0.15) is 5.10 Å². The molecular formula is C40H56N8O7S. The van der Waals surface area contributed by atoms with Crippen molar-refractivity contribution in [3.8, 4) is 0 Å². The second-order valence-corrected chi connectivity index (χ2v) is 16.2. The fourth-order valence-corrected chi connectivity index (χ4v) is 6.97. The highest BCUT2D eigenvalue weighted by Crippen LogP contribution is 2.35. The zero-order valence-corrected chi connectivity index (χ0v) is 34.7. The summed E-state index contributed by atoms with van der Waals surface area (Å²) in [7, 11) is 1.42. The molecule has 1 saturated carbocycles. The minimum absolute atomic E-state index is 0.0593. The Morgan fingerprint density at radius 2 is 1.52 bits per heavy atom. The molecule has 2 aromatic heterocycles. The fraction of sp³-hybridized carbons (Fsp3) is 0.575. The number of ether oxygens (including phenoxy) is 3. The second kappa shape index (κ2) is 18.0. The predicted octanol–water partition coefficient (Wildman–Crippen LogP) is 6.13. The molecule has 1 aromatic carbocycles. The van der Waals surface area contributed by atoms with Gasteiger partial charge in [0.2, 0.25) is 11.8 Å². The molecular weight excluding hydrogens is 737 g/mol. The van der Waals surface area contributed by atoms with E-state index in [2.05, 4.69) is 25.7 Å². The van der Waals surface area contributed by atoms with Gasteiger partial charge in [0.1, 0.15) is 22.8 Å². The van der Waals surface area contributed by atoms with Gasteiger partial charge in [-0.3, -0.25) is 19.5 Å². The number of aromatic nitrogens is 4. The van der Waals surface area contributed by atoms with Crippen LogP contribution in [0.1, 0.15) is 79.8 Å². The number of benzene rings is 1. The minimum Gasteiger partial charge on any atom is -0.458 e. The largest absolute Gasteiger partial charge is 0.458 e. The number of rotatable bonds is 17. The molecule has 3 aromatic rings. The zero-order chi connectivity index (χ0) is 40.8. The Morgan fingerprint density at radius 3 is 2.09 bits per heavy atom. The van der Waals surface area contributed by atoms with Gasteiger partial charge in [-0.05, 0) is 103 Å². The number of nitrogens with one attached hydrogen (secondary N) is 3. The van der Waals surface area contributed by atoms with E-state index in [1.807, 2.05) is 62.1 Å². The maximum atomic E-state index is 14.0. The van der Waals surface area contributed by atoms with Crippen molar-refractivity contribution in [2.45, 2.75) is 108 Å². The molecule has 56 heavy (non-hydrogen) atoms. The number of piperazine rings is 1. The van der Waals surface area contributed by atoms with E-state index in [-0.39, 0.29) is 17.7 Å². The molecule has 5 atom stereocenters. The number of aromatic amines is 1. The third-order valence-electron chi connectivity index (χ3n) is 11.2. The highest BCUT2D eigenvalue weighted by atomic mass is 32.2. The second-order valence-electron chi connectivity index (χ2n) is 15.2. The number of nitrogens with zero attached hydrogens (tertiary/aromatic N) is 5. The first-order valence-corrected chi connectivity index (χ1v) is 20.2. The first-order valence-electron chi connectivity index (χ1n) is 19.4. The molecule has 3 heterocycles. The molecule has 16 heteroatoms. The van der Waals surface area contributed by atoms with Crippen molar-refractivity contribution < 1.29 is 33.4 Å². The van der Waals surface area contributed by atoms with E-state index in [0.29, 0.717) is 61.6 Å². The third kappa shape index (κ3) is 10.4. The first kappa shape index (κ1) is 42.4. The summed E-state index contributed by atoms with van der Waals surface area (Å²) in [6.45, 7) is 16.1. The van der Waals surface area contributed by atoms with Gasteiger partial charge in [0.15, 0.2) is 17.1 Å². The number of hydrogen-bond acceptors (Lipinski definition) is 13. The molecule has 5 unspecified atom stereocenters. The molecule has 2 fully saturated rings. The summed E-state index contributed by atoms with van der Waals surface area (Å²) in [4.78, 5) is 66.9. The highest BCUT2D eigenvalue weighted by Gasteiger charge is 2.45. The van der Waals surface area contributed by atoms with Crippen molar-refractivity contribution in [3.05, 3.63) is 42.1 Å². The summed E-state index contributed by atoms with van der Waals surface area (Å²) in [5, 5.41) is 14.0. The van der Waals surface area contributed by atoms with Crippen molar-refractivity contribution in [2.75, 3.05) is 48.8 Å². The maximum absolute atomic E-state index is 14.0. The number of esters is 2. The lowest BCUT2D eigenvalue weighted by Gasteiger charge is -2.41. The molecule has 1 saturated heterocycles. The van der Waals surface area contributed by atoms with Gasteiger partial charge in [-0.1, -0.05) is 13.8 Å². The lowest BCUT2D eigenvalue weighted by molar-refractivity contribution is -0.190. The van der Waals surface area contributed by atoms with Gasteiger partial charge in [0.25, 0.3) is 0 Å². The molecule has 304 valence electrons. The van der Waals surface area contributed by atoms with Crippen LogP contribution in [-0.4, -0.2) is 99.4 Å². The van der Waals surface area contributed by atoms with Crippen LogP contribution in [0.5, 0.6) is 0 Å². The van der Waals surface area contributed by atoms with Crippen LogP contribution in [0, 0.1) is 24.7 Å². The fourth-order valence-electron chi connectivity index (χ4n) is 6.20. The topological polar surface area (TPSA) is 181 Å². The van der Waals surface area contributed by atoms with Crippen molar-refractivity contribution in [3.63, 3.8) is 0 Å². The summed E-state index contributed by atoms with van der Waals surface area (Å²) < 4.78 is 17.0. The van der Waals surface area contributed by atoms with Gasteiger partial charge in [-0.25, -0.2) is 14.8 Å². The number of methoxy groups -OCH3 is 1. The van der Waals surface area contributed by atoms with E-state index in [4.69, 9.17) is 24.2 Å². The molecule has 0 spiro atoms. The average Bonchev–Trinajstić information content (AvgIpc) is 3.98. The molecule has 1 aliphatic carbocycles. The van der Waals surface area contributed by atoms with Crippen LogP contribution in [0.25, 0.3) is 0 Å². The van der Waals surface area contributed by atoms with E-state index in [9.17, 15) is 19.2 Å². The summed E-state index contributed by atoms with van der Waals surface area (Å²) in [5.41, 5.74) is -0.560. The lowest BCUT2D eigenvalue weighted by Crippen LogP contribution is -2.55. The van der Waals surface area contributed by atoms with Crippen LogP contribution in [0.2, 0.25) is 0 Å². The normalized spacial score (nSPS) is 18.2. The smallest absolute Gasteiger partial charge is 0.335 e. The molecule has 1 aliphatic heterocycles. The molecule has 2 aliphatic rings. The maximum Gasteiger partial charge on any atom is 0.335 e.